The molecule has 1 rings (SSSR count). The van der Waals surface area contributed by atoms with E-state index in [1.807, 2.05) is 42.2 Å². The van der Waals surface area contributed by atoms with Crippen molar-refractivity contribution in [3.8, 4) is 0 Å². The molecule has 98 valence electrons. The molecule has 1 unspecified atom stereocenters. The fraction of sp³-hybridized carbons (Fsp3) is 0.429. The maximum absolute atomic E-state index is 11.2. The van der Waals surface area contributed by atoms with E-state index in [9.17, 15) is 9.59 Å². The molecular formula is C14H19NO3. The van der Waals surface area contributed by atoms with Crippen molar-refractivity contribution in [2.75, 3.05) is 13.1 Å². The van der Waals surface area contributed by atoms with Crippen molar-refractivity contribution in [2.45, 2.75) is 26.3 Å². The van der Waals surface area contributed by atoms with Gasteiger partial charge in [-0.05, 0) is 19.4 Å². The molecule has 0 aliphatic carbocycles. The van der Waals surface area contributed by atoms with Gasteiger partial charge in [0.2, 0.25) is 0 Å². The number of carboxylic acids is 1. The molecule has 0 bridgehead atoms. The van der Waals surface area contributed by atoms with Gasteiger partial charge in [0.1, 0.15) is 5.78 Å². The Balaban J connectivity index is 2.75. The van der Waals surface area contributed by atoms with Crippen LogP contribution in [0.1, 0.15) is 31.9 Å². The van der Waals surface area contributed by atoms with E-state index >= 15 is 0 Å². The number of aliphatic carboxylic acids is 1. The van der Waals surface area contributed by atoms with Crippen LogP contribution in [-0.2, 0) is 9.59 Å². The Morgan fingerprint density at radius 3 is 2.39 bits per heavy atom. The molecule has 4 nitrogen and oxygen atoms in total. The number of rotatable bonds is 7. The minimum absolute atomic E-state index is 0.0365. The van der Waals surface area contributed by atoms with Crippen molar-refractivity contribution in [1.29, 1.82) is 0 Å². The number of benzene rings is 1. The topological polar surface area (TPSA) is 57.6 Å². The largest absolute Gasteiger partial charge is 0.481 e. The normalized spacial score (nSPS) is 12.4. The maximum atomic E-state index is 11.2. The highest BCUT2D eigenvalue weighted by molar-refractivity contribution is 5.77. The first kappa shape index (κ1) is 14.4. The van der Waals surface area contributed by atoms with E-state index < -0.39 is 5.97 Å². The molecule has 0 fully saturated rings. The molecule has 18 heavy (non-hydrogen) atoms. The molecule has 0 saturated heterocycles. The van der Waals surface area contributed by atoms with Gasteiger partial charge in [0.15, 0.2) is 0 Å². The highest BCUT2D eigenvalue weighted by atomic mass is 16.4. The van der Waals surface area contributed by atoms with Crippen molar-refractivity contribution in [3.05, 3.63) is 35.9 Å². The lowest BCUT2D eigenvalue weighted by Gasteiger charge is -2.27. The van der Waals surface area contributed by atoms with E-state index in [-0.39, 0.29) is 24.8 Å². The van der Waals surface area contributed by atoms with Gasteiger partial charge in [0.25, 0.3) is 0 Å². The number of ketones is 1. The van der Waals surface area contributed by atoms with Crippen molar-refractivity contribution >= 4 is 11.8 Å². The zero-order valence-electron chi connectivity index (χ0n) is 10.8. The first-order chi connectivity index (χ1) is 8.50. The maximum Gasteiger partial charge on any atom is 0.304 e. The second kappa shape index (κ2) is 6.91. The second-order valence-electron chi connectivity index (χ2n) is 4.40. The Morgan fingerprint density at radius 1 is 1.28 bits per heavy atom. The van der Waals surface area contributed by atoms with Crippen LogP contribution in [-0.4, -0.2) is 34.8 Å². The Bertz CT molecular complexity index is 403. The lowest BCUT2D eigenvalue weighted by Crippen LogP contribution is -2.33. The Morgan fingerprint density at radius 2 is 1.89 bits per heavy atom. The molecule has 1 aromatic carbocycles. The molecule has 0 aliphatic rings. The first-order valence-electron chi connectivity index (χ1n) is 6.01. The van der Waals surface area contributed by atoms with Crippen LogP contribution in [0.5, 0.6) is 0 Å². The molecule has 1 aromatic rings. The minimum Gasteiger partial charge on any atom is -0.481 e. The summed E-state index contributed by atoms with van der Waals surface area (Å²) in [6, 6.07) is 9.82. The average molecular weight is 249 g/mol. The van der Waals surface area contributed by atoms with Crippen molar-refractivity contribution in [3.63, 3.8) is 0 Å². The lowest BCUT2D eigenvalue weighted by atomic mass is 10.1. The first-order valence-corrected chi connectivity index (χ1v) is 6.01. The van der Waals surface area contributed by atoms with Gasteiger partial charge >= 0.3 is 5.97 Å². The monoisotopic (exact) mass is 249 g/mol. The third-order valence-electron chi connectivity index (χ3n) is 2.87. The second-order valence-corrected chi connectivity index (χ2v) is 4.40. The SMILES string of the molecule is CC(=O)CN(CCC(=O)O)C(C)c1ccccc1. The summed E-state index contributed by atoms with van der Waals surface area (Å²) >= 11 is 0. The van der Waals surface area contributed by atoms with E-state index in [0.717, 1.165) is 5.56 Å². The number of carbonyl (C=O) groups is 2. The summed E-state index contributed by atoms with van der Waals surface area (Å²) in [5.74, 6) is -0.799. The lowest BCUT2D eigenvalue weighted by molar-refractivity contribution is -0.137. The molecule has 1 atom stereocenters. The van der Waals surface area contributed by atoms with Gasteiger partial charge in [0.05, 0.1) is 13.0 Å². The summed E-state index contributed by atoms with van der Waals surface area (Å²) in [5, 5.41) is 8.74. The standard InChI is InChI=1S/C14H19NO3/c1-11(16)10-15(9-8-14(17)18)12(2)13-6-4-3-5-7-13/h3-7,12H,8-10H2,1-2H3,(H,17,18). The zero-order valence-corrected chi connectivity index (χ0v) is 10.8. The van der Waals surface area contributed by atoms with Gasteiger partial charge in [0, 0.05) is 12.6 Å². The van der Waals surface area contributed by atoms with Crippen LogP contribution in [0.25, 0.3) is 0 Å². The van der Waals surface area contributed by atoms with Crippen LogP contribution < -0.4 is 0 Å². The molecular weight excluding hydrogens is 230 g/mol. The molecule has 1 N–H and O–H groups in total. The fourth-order valence-electron chi connectivity index (χ4n) is 1.88. The average Bonchev–Trinajstić information content (AvgIpc) is 2.34. The van der Waals surface area contributed by atoms with Gasteiger partial charge in [-0.2, -0.15) is 0 Å². The number of hydrogen-bond acceptors (Lipinski definition) is 3. The molecule has 0 aromatic heterocycles. The molecule has 0 saturated carbocycles. The third kappa shape index (κ3) is 4.67. The van der Waals surface area contributed by atoms with Gasteiger partial charge in [-0.15, -0.1) is 0 Å². The minimum atomic E-state index is -0.844. The smallest absolute Gasteiger partial charge is 0.304 e. The third-order valence-corrected chi connectivity index (χ3v) is 2.87. The number of Topliss-reactive ketones (excluding diaryl/α,β-unsaturated/α-hetero) is 1. The predicted molar refractivity (Wildman–Crippen MR) is 69.4 cm³/mol. The molecule has 0 radical (unpaired) electrons. The van der Waals surface area contributed by atoms with E-state index in [4.69, 9.17) is 5.11 Å². The van der Waals surface area contributed by atoms with Gasteiger partial charge < -0.3 is 5.11 Å². The van der Waals surface area contributed by atoms with Gasteiger partial charge in [-0.3, -0.25) is 14.5 Å². The van der Waals surface area contributed by atoms with Gasteiger partial charge in [-0.25, -0.2) is 0 Å². The van der Waals surface area contributed by atoms with E-state index in [1.165, 1.54) is 6.92 Å². The molecule has 0 spiro atoms. The summed E-state index contributed by atoms with van der Waals surface area (Å²) in [6.07, 6.45) is 0.0461. The number of nitrogens with zero attached hydrogens (tertiary/aromatic N) is 1. The van der Waals surface area contributed by atoms with E-state index in [2.05, 4.69) is 0 Å². The quantitative estimate of drug-likeness (QED) is 0.804. The summed E-state index contributed by atoms with van der Waals surface area (Å²) in [6.45, 7) is 4.17. The molecule has 0 aliphatic heterocycles. The Kier molecular flexibility index (Phi) is 5.52. The molecule has 0 amide bonds. The summed E-state index contributed by atoms with van der Waals surface area (Å²) in [7, 11) is 0. The van der Waals surface area contributed by atoms with Crippen LogP contribution >= 0.6 is 0 Å². The predicted octanol–water partition coefficient (Wildman–Crippen LogP) is 2.11. The van der Waals surface area contributed by atoms with Crippen LogP contribution in [0, 0.1) is 0 Å². The van der Waals surface area contributed by atoms with Crippen molar-refractivity contribution in [1.82, 2.24) is 4.90 Å². The van der Waals surface area contributed by atoms with Crippen LogP contribution in [0.3, 0.4) is 0 Å². The Labute approximate surface area is 107 Å². The van der Waals surface area contributed by atoms with Crippen molar-refractivity contribution < 1.29 is 14.7 Å². The molecule has 0 heterocycles. The van der Waals surface area contributed by atoms with Gasteiger partial charge in [-0.1, -0.05) is 30.3 Å². The fourth-order valence-corrected chi connectivity index (χ4v) is 1.88. The number of carbonyl (C=O) groups excluding carboxylic acids is 1. The van der Waals surface area contributed by atoms with Crippen LogP contribution in [0.4, 0.5) is 0 Å². The summed E-state index contributed by atoms with van der Waals surface area (Å²) in [4.78, 5) is 23.8. The summed E-state index contributed by atoms with van der Waals surface area (Å²) in [5.41, 5.74) is 1.09. The highest BCUT2D eigenvalue weighted by Gasteiger charge is 2.17. The highest BCUT2D eigenvalue weighted by Crippen LogP contribution is 2.19. The van der Waals surface area contributed by atoms with Crippen LogP contribution in [0.15, 0.2) is 30.3 Å². The summed E-state index contributed by atoms with van der Waals surface area (Å²) < 4.78 is 0. The molecule has 4 heteroatoms. The van der Waals surface area contributed by atoms with Crippen LogP contribution in [0.2, 0.25) is 0 Å². The van der Waals surface area contributed by atoms with E-state index in [1.54, 1.807) is 0 Å². The zero-order chi connectivity index (χ0) is 13.5. The van der Waals surface area contributed by atoms with Crippen molar-refractivity contribution in [2.24, 2.45) is 0 Å². The number of hydrogen-bond donors (Lipinski definition) is 1. The Hall–Kier alpha value is -1.68. The number of carboxylic acid groups (broad SMARTS) is 1. The van der Waals surface area contributed by atoms with E-state index in [0.29, 0.717) is 6.54 Å².